The van der Waals surface area contributed by atoms with Crippen LogP contribution in [0.15, 0.2) is 30.5 Å². The van der Waals surface area contributed by atoms with Crippen LogP contribution in [0.2, 0.25) is 0 Å². The lowest BCUT2D eigenvalue weighted by Gasteiger charge is -2.24. The molecule has 0 bridgehead atoms. The molecule has 0 saturated carbocycles. The van der Waals surface area contributed by atoms with E-state index in [4.69, 9.17) is 15.9 Å². The van der Waals surface area contributed by atoms with Crippen molar-refractivity contribution in [3.05, 3.63) is 36.0 Å². The minimum absolute atomic E-state index is 0.0556. The topological polar surface area (TPSA) is 278 Å². The van der Waals surface area contributed by atoms with Gasteiger partial charge in [-0.3, -0.25) is 28.8 Å². The molecule has 1 heterocycles. The molecule has 41 heavy (non-hydrogen) atoms. The lowest BCUT2D eigenvalue weighted by atomic mass is 10.0. The number of aromatic nitrogens is 1. The highest BCUT2D eigenvalue weighted by molar-refractivity contribution is 5.96. The van der Waals surface area contributed by atoms with Crippen LogP contribution in [0.5, 0.6) is 0 Å². The molecular formula is C25H31N5O11. The van der Waals surface area contributed by atoms with Crippen LogP contribution in [-0.4, -0.2) is 91.2 Å². The molecule has 0 aliphatic carbocycles. The van der Waals surface area contributed by atoms with Gasteiger partial charge in [-0.25, -0.2) is 4.79 Å². The second-order valence-corrected chi connectivity index (χ2v) is 9.15. The van der Waals surface area contributed by atoms with Crippen molar-refractivity contribution in [3.8, 4) is 0 Å². The van der Waals surface area contributed by atoms with E-state index in [0.717, 1.165) is 10.9 Å². The van der Waals surface area contributed by atoms with Gasteiger partial charge >= 0.3 is 23.9 Å². The van der Waals surface area contributed by atoms with Gasteiger partial charge in [-0.2, -0.15) is 0 Å². The molecular weight excluding hydrogens is 546 g/mol. The number of carbonyl (C=O) groups is 7. The lowest BCUT2D eigenvalue weighted by Crippen LogP contribution is -2.57. The summed E-state index contributed by atoms with van der Waals surface area (Å²) in [5.41, 5.74) is 7.56. The van der Waals surface area contributed by atoms with Gasteiger partial charge in [0.15, 0.2) is 0 Å². The number of nitrogens with two attached hydrogens (primary N) is 1. The first kappa shape index (κ1) is 32.2. The zero-order valence-electron chi connectivity index (χ0n) is 21.7. The molecule has 3 amide bonds. The van der Waals surface area contributed by atoms with E-state index in [1.807, 2.05) is 23.5 Å². The Bertz CT molecular complexity index is 1310. The number of benzene rings is 1. The van der Waals surface area contributed by atoms with E-state index < -0.39 is 97.9 Å². The molecule has 0 aliphatic rings. The summed E-state index contributed by atoms with van der Waals surface area (Å²) < 4.78 is 0. The third kappa shape index (κ3) is 10.2. The average Bonchev–Trinajstić information content (AvgIpc) is 3.30. The normalized spacial score (nSPS) is 13.8. The maximum atomic E-state index is 13.0. The van der Waals surface area contributed by atoms with E-state index >= 15 is 0 Å². The highest BCUT2D eigenvalue weighted by atomic mass is 16.4. The first-order valence-electron chi connectivity index (χ1n) is 12.4. The van der Waals surface area contributed by atoms with E-state index in [1.54, 1.807) is 12.3 Å². The standard InChI is InChI=1S/C25H31N5O11/c26-14(9-12-11-27-15-4-2-1-3-13(12)15)22(37)28-16(5-7-19(31)32)23(38)30-18(10-21(35)36)24(39)29-17(25(40)41)6-8-20(33)34/h1-4,11,14,16-18,27H,5-10,26H2,(H,28,37)(H,29,39)(H,30,38)(H,31,32)(H,33,34)(H,35,36)(H,40,41). The van der Waals surface area contributed by atoms with Gasteiger partial charge in [0.05, 0.1) is 12.5 Å². The molecule has 0 fully saturated rings. The number of hydrogen-bond acceptors (Lipinski definition) is 8. The Morgan fingerprint density at radius 2 is 1.27 bits per heavy atom. The summed E-state index contributed by atoms with van der Waals surface area (Å²) in [6.07, 6.45) is -1.43. The molecule has 10 N–H and O–H groups in total. The second-order valence-electron chi connectivity index (χ2n) is 9.15. The SMILES string of the molecule is NC(Cc1c[nH]c2ccccc12)C(=O)NC(CCC(=O)O)C(=O)NC(CC(=O)O)C(=O)NC(CCC(=O)O)C(=O)O. The number of para-hydroxylation sites is 1. The summed E-state index contributed by atoms with van der Waals surface area (Å²) in [6.45, 7) is 0. The Morgan fingerprint density at radius 1 is 0.732 bits per heavy atom. The van der Waals surface area contributed by atoms with Crippen molar-refractivity contribution < 1.29 is 54.0 Å². The van der Waals surface area contributed by atoms with Crippen molar-refractivity contribution in [1.82, 2.24) is 20.9 Å². The van der Waals surface area contributed by atoms with Gasteiger partial charge in [0.2, 0.25) is 17.7 Å². The van der Waals surface area contributed by atoms with Gasteiger partial charge in [0, 0.05) is 29.9 Å². The van der Waals surface area contributed by atoms with Crippen LogP contribution in [0.3, 0.4) is 0 Å². The Labute approximate surface area is 232 Å². The molecule has 1 aromatic carbocycles. The van der Waals surface area contributed by atoms with Crippen molar-refractivity contribution in [1.29, 1.82) is 0 Å². The Balaban J connectivity index is 2.16. The summed E-state index contributed by atoms with van der Waals surface area (Å²) in [7, 11) is 0. The first-order chi connectivity index (χ1) is 19.3. The molecule has 2 aromatic rings. The Morgan fingerprint density at radius 3 is 1.85 bits per heavy atom. The van der Waals surface area contributed by atoms with Gasteiger partial charge in [-0.15, -0.1) is 0 Å². The number of carboxylic acid groups (broad SMARTS) is 4. The van der Waals surface area contributed by atoms with E-state index in [-0.39, 0.29) is 6.42 Å². The number of nitrogens with one attached hydrogen (secondary N) is 4. The smallest absolute Gasteiger partial charge is 0.326 e. The zero-order chi connectivity index (χ0) is 30.7. The van der Waals surface area contributed by atoms with E-state index in [2.05, 4.69) is 15.6 Å². The molecule has 0 radical (unpaired) electrons. The zero-order valence-corrected chi connectivity index (χ0v) is 21.7. The first-order valence-corrected chi connectivity index (χ1v) is 12.4. The van der Waals surface area contributed by atoms with Crippen molar-refractivity contribution in [2.24, 2.45) is 5.73 Å². The van der Waals surface area contributed by atoms with E-state index in [9.17, 15) is 43.8 Å². The van der Waals surface area contributed by atoms with Gasteiger partial charge in [-0.05, 0) is 30.9 Å². The number of carbonyl (C=O) groups excluding carboxylic acids is 3. The number of amides is 3. The summed E-state index contributed by atoms with van der Waals surface area (Å²) in [4.78, 5) is 86.2. The van der Waals surface area contributed by atoms with Crippen molar-refractivity contribution in [3.63, 3.8) is 0 Å². The Hall–Kier alpha value is -4.99. The average molecular weight is 578 g/mol. The molecule has 1 aromatic heterocycles. The van der Waals surface area contributed by atoms with Crippen LogP contribution >= 0.6 is 0 Å². The second kappa shape index (κ2) is 15.0. The van der Waals surface area contributed by atoms with Crippen LogP contribution in [0.1, 0.15) is 37.7 Å². The van der Waals surface area contributed by atoms with E-state index in [1.165, 1.54) is 0 Å². The summed E-state index contributed by atoms with van der Waals surface area (Å²) >= 11 is 0. The molecule has 0 saturated heterocycles. The van der Waals surface area contributed by atoms with Crippen LogP contribution in [0.4, 0.5) is 0 Å². The molecule has 0 spiro atoms. The van der Waals surface area contributed by atoms with Gasteiger partial charge in [0.1, 0.15) is 18.1 Å². The van der Waals surface area contributed by atoms with Crippen molar-refractivity contribution in [2.75, 3.05) is 0 Å². The maximum Gasteiger partial charge on any atom is 0.326 e. The predicted octanol–water partition coefficient (Wildman–Crippen LogP) is -1.22. The molecule has 4 atom stereocenters. The highest BCUT2D eigenvalue weighted by Crippen LogP contribution is 2.19. The van der Waals surface area contributed by atoms with Crippen LogP contribution < -0.4 is 21.7 Å². The molecule has 222 valence electrons. The number of aliphatic carboxylic acids is 4. The molecule has 16 nitrogen and oxygen atoms in total. The van der Waals surface area contributed by atoms with Crippen LogP contribution in [-0.2, 0) is 40.0 Å². The fourth-order valence-corrected chi connectivity index (χ4v) is 3.90. The summed E-state index contributed by atoms with van der Waals surface area (Å²) in [5.74, 6) is -8.94. The quantitative estimate of drug-likeness (QED) is 0.107. The number of fused-ring (bicyclic) bond motifs is 1. The monoisotopic (exact) mass is 577 g/mol. The lowest BCUT2D eigenvalue weighted by molar-refractivity contribution is -0.144. The minimum atomic E-state index is -1.84. The minimum Gasteiger partial charge on any atom is -0.481 e. The van der Waals surface area contributed by atoms with E-state index in [0.29, 0.717) is 5.56 Å². The largest absolute Gasteiger partial charge is 0.481 e. The number of rotatable bonds is 17. The van der Waals surface area contributed by atoms with Gasteiger partial charge < -0.3 is 47.1 Å². The number of carboxylic acids is 4. The summed E-state index contributed by atoms with van der Waals surface area (Å²) in [6, 6.07) is 1.01. The third-order valence-electron chi connectivity index (χ3n) is 6.00. The number of hydrogen-bond donors (Lipinski definition) is 9. The number of H-pyrrole nitrogens is 1. The molecule has 0 aliphatic heterocycles. The molecule has 4 unspecified atom stereocenters. The van der Waals surface area contributed by atoms with Gasteiger partial charge in [-0.1, -0.05) is 18.2 Å². The summed E-state index contributed by atoms with van der Waals surface area (Å²) in [5, 5.41) is 43.6. The van der Waals surface area contributed by atoms with Crippen LogP contribution in [0, 0.1) is 0 Å². The molecule has 16 heteroatoms. The molecule has 2 rings (SSSR count). The fraction of sp³-hybridized carbons (Fsp3) is 0.400. The highest BCUT2D eigenvalue weighted by Gasteiger charge is 2.32. The fourth-order valence-electron chi connectivity index (χ4n) is 3.90. The Kier molecular flexibility index (Phi) is 11.8. The maximum absolute atomic E-state index is 13.0. The van der Waals surface area contributed by atoms with Crippen molar-refractivity contribution in [2.45, 2.75) is 62.7 Å². The predicted molar refractivity (Wildman–Crippen MR) is 139 cm³/mol. The number of aromatic amines is 1. The third-order valence-corrected chi connectivity index (χ3v) is 6.00. The van der Waals surface area contributed by atoms with Crippen molar-refractivity contribution >= 4 is 52.5 Å². The van der Waals surface area contributed by atoms with Crippen LogP contribution in [0.25, 0.3) is 10.9 Å². The van der Waals surface area contributed by atoms with Gasteiger partial charge in [0.25, 0.3) is 0 Å².